The fraction of sp³-hybridized carbons (Fsp3) is 0.200. The fourth-order valence-electron chi connectivity index (χ4n) is 2.33. The molecule has 0 fully saturated rings. The molecule has 0 bridgehead atoms. The molecule has 0 spiro atoms. The zero-order chi connectivity index (χ0) is 20.6. The number of alkyl carbamates (subject to hydrolysis) is 1. The first kappa shape index (κ1) is 20.8. The van der Waals surface area contributed by atoms with E-state index in [0.717, 1.165) is 25.9 Å². The molecule has 29 heavy (non-hydrogen) atoms. The van der Waals surface area contributed by atoms with Crippen LogP contribution in [0, 0.1) is 0 Å². The molecule has 3 aromatic rings. The summed E-state index contributed by atoms with van der Waals surface area (Å²) < 4.78 is 11.6. The lowest BCUT2D eigenvalue weighted by atomic mass is 10.1. The second-order valence-corrected chi connectivity index (χ2v) is 8.03. The van der Waals surface area contributed by atoms with E-state index < -0.39 is 24.6 Å². The van der Waals surface area contributed by atoms with E-state index in [0.29, 0.717) is 5.56 Å². The van der Waals surface area contributed by atoms with Crippen molar-refractivity contribution in [3.63, 3.8) is 0 Å². The number of hydrogen-bond acceptors (Lipinski definition) is 8. The SMILES string of the molecule is CCOC(=O)NC(=O)COC(=O)c1ccc(CSc2nc3ccccc3s2)cc1. The number of nitrogens with one attached hydrogen (secondary N) is 1. The molecule has 3 rings (SSSR count). The second kappa shape index (κ2) is 10.0. The van der Waals surface area contributed by atoms with Gasteiger partial charge in [0.15, 0.2) is 10.9 Å². The lowest BCUT2D eigenvalue weighted by Gasteiger charge is -2.06. The summed E-state index contributed by atoms with van der Waals surface area (Å²) in [4.78, 5) is 39.2. The molecule has 0 saturated heterocycles. The molecule has 0 aliphatic heterocycles. The molecular formula is C20H18N2O5S2. The highest BCUT2D eigenvalue weighted by Crippen LogP contribution is 2.31. The molecule has 7 nitrogen and oxygen atoms in total. The van der Waals surface area contributed by atoms with Gasteiger partial charge in [0.25, 0.3) is 5.91 Å². The Morgan fingerprint density at radius 2 is 1.83 bits per heavy atom. The zero-order valence-corrected chi connectivity index (χ0v) is 17.2. The van der Waals surface area contributed by atoms with Gasteiger partial charge in [-0.1, -0.05) is 36.0 Å². The molecule has 0 atom stereocenters. The number of esters is 1. The molecule has 1 heterocycles. The van der Waals surface area contributed by atoms with Gasteiger partial charge in [0.2, 0.25) is 0 Å². The van der Waals surface area contributed by atoms with Crippen molar-refractivity contribution >= 4 is 51.3 Å². The Morgan fingerprint density at radius 1 is 1.07 bits per heavy atom. The van der Waals surface area contributed by atoms with Gasteiger partial charge < -0.3 is 9.47 Å². The summed E-state index contributed by atoms with van der Waals surface area (Å²) >= 11 is 3.28. The number of fused-ring (bicyclic) bond motifs is 1. The summed E-state index contributed by atoms with van der Waals surface area (Å²) in [5, 5.41) is 1.95. The van der Waals surface area contributed by atoms with Gasteiger partial charge >= 0.3 is 12.1 Å². The lowest BCUT2D eigenvalue weighted by Crippen LogP contribution is -2.34. The van der Waals surface area contributed by atoms with Gasteiger partial charge in [-0.2, -0.15) is 0 Å². The number of carbonyl (C=O) groups excluding carboxylic acids is 3. The Morgan fingerprint density at radius 3 is 2.55 bits per heavy atom. The highest BCUT2D eigenvalue weighted by molar-refractivity contribution is 8.00. The van der Waals surface area contributed by atoms with Gasteiger partial charge in [-0.3, -0.25) is 10.1 Å². The van der Waals surface area contributed by atoms with Crippen LogP contribution < -0.4 is 5.32 Å². The van der Waals surface area contributed by atoms with Gasteiger partial charge in [-0.05, 0) is 36.8 Å². The van der Waals surface area contributed by atoms with Crippen LogP contribution in [0.2, 0.25) is 0 Å². The van der Waals surface area contributed by atoms with E-state index in [4.69, 9.17) is 4.74 Å². The van der Waals surface area contributed by atoms with E-state index in [1.54, 1.807) is 42.2 Å². The van der Waals surface area contributed by atoms with Crippen molar-refractivity contribution < 1.29 is 23.9 Å². The normalized spacial score (nSPS) is 10.5. The Bertz CT molecular complexity index is 984. The van der Waals surface area contributed by atoms with E-state index >= 15 is 0 Å². The van der Waals surface area contributed by atoms with Crippen LogP contribution >= 0.6 is 23.1 Å². The summed E-state index contributed by atoms with van der Waals surface area (Å²) in [6, 6.07) is 14.9. The smallest absolute Gasteiger partial charge is 0.413 e. The van der Waals surface area contributed by atoms with Crippen LogP contribution in [-0.4, -0.2) is 36.2 Å². The maximum absolute atomic E-state index is 12.0. The molecule has 1 aromatic heterocycles. The number of carbonyl (C=O) groups is 3. The van der Waals surface area contributed by atoms with Crippen LogP contribution in [0.3, 0.4) is 0 Å². The quantitative estimate of drug-likeness (QED) is 0.447. The van der Waals surface area contributed by atoms with Crippen molar-refractivity contribution in [1.29, 1.82) is 0 Å². The Labute approximate surface area is 175 Å². The number of imide groups is 1. The number of rotatable bonds is 7. The van der Waals surface area contributed by atoms with Gasteiger partial charge in [-0.15, -0.1) is 11.3 Å². The van der Waals surface area contributed by atoms with Crippen LogP contribution in [0.25, 0.3) is 10.2 Å². The molecular weight excluding hydrogens is 412 g/mol. The van der Waals surface area contributed by atoms with Gasteiger partial charge in [0, 0.05) is 5.75 Å². The third-order valence-electron chi connectivity index (χ3n) is 3.68. The minimum Gasteiger partial charge on any atom is -0.452 e. The van der Waals surface area contributed by atoms with Crippen LogP contribution in [-0.2, 0) is 20.0 Å². The maximum Gasteiger partial charge on any atom is 0.413 e. The van der Waals surface area contributed by atoms with E-state index in [1.807, 2.05) is 41.7 Å². The fourth-order valence-corrected chi connectivity index (χ4v) is 4.35. The average molecular weight is 431 g/mol. The number of amides is 2. The predicted molar refractivity (Wildman–Crippen MR) is 111 cm³/mol. The topological polar surface area (TPSA) is 94.6 Å². The number of hydrogen-bond donors (Lipinski definition) is 1. The number of thioether (sulfide) groups is 1. The third kappa shape index (κ3) is 6.03. The standard InChI is InChI=1S/C20H18N2O5S2/c1-2-26-19(25)22-17(23)11-27-18(24)14-9-7-13(8-10-14)12-28-20-21-15-5-3-4-6-16(15)29-20/h3-10H,2,11-12H2,1H3,(H,22,23,25). The van der Waals surface area contributed by atoms with Crippen molar-refractivity contribution in [2.75, 3.05) is 13.2 Å². The van der Waals surface area contributed by atoms with Crippen molar-refractivity contribution in [3.8, 4) is 0 Å². The minimum absolute atomic E-state index is 0.141. The molecule has 150 valence electrons. The lowest BCUT2D eigenvalue weighted by molar-refractivity contribution is -0.123. The largest absolute Gasteiger partial charge is 0.452 e. The Balaban J connectivity index is 1.48. The van der Waals surface area contributed by atoms with Crippen molar-refractivity contribution in [2.45, 2.75) is 17.0 Å². The van der Waals surface area contributed by atoms with Crippen LogP contribution in [0.1, 0.15) is 22.8 Å². The number of ether oxygens (including phenoxy) is 2. The number of nitrogens with zero attached hydrogens (tertiary/aromatic N) is 1. The first-order chi connectivity index (χ1) is 14.0. The number of para-hydroxylation sites is 1. The van der Waals surface area contributed by atoms with Crippen LogP contribution in [0.5, 0.6) is 0 Å². The van der Waals surface area contributed by atoms with E-state index in [1.165, 1.54) is 0 Å². The maximum atomic E-state index is 12.0. The number of benzene rings is 2. The molecule has 0 radical (unpaired) electrons. The van der Waals surface area contributed by atoms with Crippen LogP contribution in [0.15, 0.2) is 52.9 Å². The molecule has 0 unspecified atom stereocenters. The molecule has 1 N–H and O–H groups in total. The summed E-state index contributed by atoms with van der Waals surface area (Å²) in [6.45, 7) is 1.20. The first-order valence-corrected chi connectivity index (χ1v) is 10.6. The minimum atomic E-state index is -0.872. The summed E-state index contributed by atoms with van der Waals surface area (Å²) in [5.74, 6) is -0.674. The average Bonchev–Trinajstić information content (AvgIpc) is 3.14. The van der Waals surface area contributed by atoms with Gasteiger partial charge in [0.05, 0.1) is 22.4 Å². The first-order valence-electron chi connectivity index (χ1n) is 8.76. The van der Waals surface area contributed by atoms with Gasteiger partial charge in [-0.25, -0.2) is 14.6 Å². The monoisotopic (exact) mass is 430 g/mol. The van der Waals surface area contributed by atoms with E-state index in [9.17, 15) is 14.4 Å². The molecule has 2 amide bonds. The zero-order valence-electron chi connectivity index (χ0n) is 15.5. The highest BCUT2D eigenvalue weighted by atomic mass is 32.2. The molecule has 2 aromatic carbocycles. The molecule has 0 aliphatic rings. The highest BCUT2D eigenvalue weighted by Gasteiger charge is 2.13. The summed E-state index contributed by atoms with van der Waals surface area (Å²) in [6.07, 6.45) is -0.872. The predicted octanol–water partition coefficient (Wildman–Crippen LogP) is 4.02. The summed E-state index contributed by atoms with van der Waals surface area (Å²) in [5.41, 5.74) is 2.35. The Hall–Kier alpha value is -2.91. The number of aromatic nitrogens is 1. The van der Waals surface area contributed by atoms with E-state index in [-0.39, 0.29) is 6.61 Å². The third-order valence-corrected chi connectivity index (χ3v) is 5.93. The van der Waals surface area contributed by atoms with Gasteiger partial charge in [0.1, 0.15) is 0 Å². The Kier molecular flexibility index (Phi) is 7.20. The molecule has 9 heteroatoms. The van der Waals surface area contributed by atoms with E-state index in [2.05, 4.69) is 9.72 Å². The van der Waals surface area contributed by atoms with Crippen LogP contribution in [0.4, 0.5) is 4.79 Å². The van der Waals surface area contributed by atoms with Crippen molar-refractivity contribution in [1.82, 2.24) is 10.3 Å². The van der Waals surface area contributed by atoms with Crippen molar-refractivity contribution in [2.24, 2.45) is 0 Å². The summed E-state index contributed by atoms with van der Waals surface area (Å²) in [7, 11) is 0. The molecule has 0 saturated carbocycles. The molecule has 0 aliphatic carbocycles. The number of thiazole rings is 1. The van der Waals surface area contributed by atoms with Crippen molar-refractivity contribution in [3.05, 3.63) is 59.7 Å². The second-order valence-electron chi connectivity index (χ2n) is 5.78.